The predicted octanol–water partition coefficient (Wildman–Crippen LogP) is 3.78. The minimum atomic E-state index is 0.0350. The maximum Gasteiger partial charge on any atom is 0.173 e. The smallest absolute Gasteiger partial charge is 0.173 e. The number of hydrogen-bond acceptors (Lipinski definition) is 3. The van der Waals surface area contributed by atoms with Crippen LogP contribution in [0.15, 0.2) is 23.4 Å². The van der Waals surface area contributed by atoms with Crippen LogP contribution in [-0.4, -0.2) is 17.1 Å². The molecule has 0 saturated heterocycles. The van der Waals surface area contributed by atoms with Crippen molar-refractivity contribution in [1.29, 1.82) is 0 Å². The van der Waals surface area contributed by atoms with Gasteiger partial charge in [-0.2, -0.15) is 0 Å². The highest BCUT2D eigenvalue weighted by Gasteiger charge is 2.28. The van der Waals surface area contributed by atoms with Crippen LogP contribution in [0.3, 0.4) is 0 Å². The van der Waals surface area contributed by atoms with Gasteiger partial charge in [0.05, 0.1) is 11.7 Å². The number of benzene rings is 1. The lowest BCUT2D eigenvalue weighted by molar-refractivity contribution is 0.0986. The van der Waals surface area contributed by atoms with Crippen LogP contribution in [0.4, 0.5) is 0 Å². The van der Waals surface area contributed by atoms with Crippen molar-refractivity contribution in [1.82, 2.24) is 0 Å². The molecule has 0 unspecified atom stereocenters. The van der Waals surface area contributed by atoms with Crippen molar-refractivity contribution in [2.24, 2.45) is 16.3 Å². The second-order valence-electron chi connectivity index (χ2n) is 6.11. The first-order valence-corrected chi connectivity index (χ1v) is 7.23. The molecule has 1 aromatic carbocycles. The average Bonchev–Trinajstić information content (AvgIpc) is 2.40. The van der Waals surface area contributed by atoms with Crippen molar-refractivity contribution >= 4 is 17.4 Å². The molecule has 0 bridgehead atoms. The normalized spacial score (nSPS) is 19.9. The lowest BCUT2D eigenvalue weighted by Crippen LogP contribution is -2.29. The van der Waals surface area contributed by atoms with Crippen LogP contribution in [-0.2, 0) is 0 Å². The first-order valence-electron chi connectivity index (χ1n) is 6.85. The first kappa shape index (κ1) is 15.0. The Morgan fingerprint density at radius 1 is 1.40 bits per heavy atom. The van der Waals surface area contributed by atoms with E-state index in [1.807, 2.05) is 0 Å². The fourth-order valence-corrected chi connectivity index (χ4v) is 2.69. The molecular weight excluding hydrogens is 276 g/mol. The van der Waals surface area contributed by atoms with Gasteiger partial charge >= 0.3 is 0 Å². The summed E-state index contributed by atoms with van der Waals surface area (Å²) < 4.78 is 6.03. The number of rotatable bonds is 3. The second kappa shape index (κ2) is 5.92. The Morgan fingerprint density at radius 2 is 2.05 bits per heavy atom. The average molecular weight is 297 g/mol. The van der Waals surface area contributed by atoms with E-state index in [4.69, 9.17) is 27.3 Å². The van der Waals surface area contributed by atoms with Crippen molar-refractivity contribution in [3.05, 3.63) is 28.8 Å². The highest BCUT2D eigenvalue weighted by molar-refractivity contribution is 6.30. The Kier molecular flexibility index (Phi) is 4.43. The van der Waals surface area contributed by atoms with Gasteiger partial charge in [-0.3, -0.25) is 0 Å². The molecule has 1 aliphatic carbocycles. The molecular formula is C15H21ClN2O2. The topological polar surface area (TPSA) is 67.8 Å². The molecule has 0 spiro atoms. The molecule has 3 N–H and O–H groups in total. The summed E-state index contributed by atoms with van der Waals surface area (Å²) in [5, 5.41) is 12.4. The minimum Gasteiger partial charge on any atom is -0.490 e. The SMILES string of the molecule is CC1(C)CCC(Oc2cc(Cl)ccc2/C(N)=N/O)CC1. The van der Waals surface area contributed by atoms with E-state index in [2.05, 4.69) is 19.0 Å². The van der Waals surface area contributed by atoms with Gasteiger partial charge in [0.15, 0.2) is 5.84 Å². The summed E-state index contributed by atoms with van der Waals surface area (Å²) in [6.07, 6.45) is 4.45. The number of oxime groups is 1. The van der Waals surface area contributed by atoms with Gasteiger partial charge in [0.25, 0.3) is 0 Å². The third-order valence-corrected chi connectivity index (χ3v) is 4.14. The monoisotopic (exact) mass is 296 g/mol. The van der Waals surface area contributed by atoms with E-state index in [0.717, 1.165) is 25.7 Å². The molecule has 0 heterocycles. The number of halogens is 1. The number of hydrogen-bond donors (Lipinski definition) is 2. The van der Waals surface area contributed by atoms with Gasteiger partial charge in [-0.15, -0.1) is 0 Å². The summed E-state index contributed by atoms with van der Waals surface area (Å²) >= 11 is 6.00. The molecule has 0 radical (unpaired) electrons. The molecule has 1 aliphatic rings. The molecule has 110 valence electrons. The molecule has 4 nitrogen and oxygen atoms in total. The molecule has 5 heteroatoms. The van der Waals surface area contributed by atoms with Crippen molar-refractivity contribution in [2.45, 2.75) is 45.6 Å². The maximum absolute atomic E-state index is 8.83. The van der Waals surface area contributed by atoms with Crippen LogP contribution in [0.2, 0.25) is 5.02 Å². The molecule has 2 rings (SSSR count). The summed E-state index contributed by atoms with van der Waals surface area (Å²) in [7, 11) is 0. The highest BCUT2D eigenvalue weighted by Crippen LogP contribution is 2.37. The van der Waals surface area contributed by atoms with E-state index in [9.17, 15) is 0 Å². The summed E-state index contributed by atoms with van der Waals surface area (Å²) in [4.78, 5) is 0. The third-order valence-electron chi connectivity index (χ3n) is 3.91. The van der Waals surface area contributed by atoms with Crippen LogP contribution in [0, 0.1) is 5.41 Å². The molecule has 1 fully saturated rings. The van der Waals surface area contributed by atoms with E-state index in [1.54, 1.807) is 18.2 Å². The standard InChI is InChI=1S/C15H21ClN2O2/c1-15(2)7-5-11(6-8-15)20-13-9-10(16)3-4-12(13)14(17)18-19/h3-4,9,11,19H,5-8H2,1-2H3,(H2,17,18). The van der Waals surface area contributed by atoms with Gasteiger partial charge in [0.2, 0.25) is 0 Å². The Balaban J connectivity index is 2.15. The molecule has 1 aromatic rings. The van der Waals surface area contributed by atoms with Crippen molar-refractivity contribution < 1.29 is 9.94 Å². The quantitative estimate of drug-likeness (QED) is 0.386. The Labute approximate surface area is 124 Å². The third kappa shape index (κ3) is 3.57. The molecule has 0 aromatic heterocycles. The van der Waals surface area contributed by atoms with Crippen LogP contribution in [0.1, 0.15) is 45.1 Å². The van der Waals surface area contributed by atoms with E-state index >= 15 is 0 Å². The van der Waals surface area contributed by atoms with Gasteiger partial charge in [0.1, 0.15) is 5.75 Å². The highest BCUT2D eigenvalue weighted by atomic mass is 35.5. The number of nitrogens with two attached hydrogens (primary N) is 1. The number of ether oxygens (including phenoxy) is 1. The van der Waals surface area contributed by atoms with Crippen molar-refractivity contribution in [3.8, 4) is 5.75 Å². The van der Waals surface area contributed by atoms with E-state index in [0.29, 0.717) is 21.8 Å². The molecule has 20 heavy (non-hydrogen) atoms. The van der Waals surface area contributed by atoms with E-state index in [1.165, 1.54) is 0 Å². The predicted molar refractivity (Wildman–Crippen MR) is 80.6 cm³/mol. The van der Waals surface area contributed by atoms with E-state index < -0.39 is 0 Å². The van der Waals surface area contributed by atoms with Crippen LogP contribution in [0.25, 0.3) is 0 Å². The largest absolute Gasteiger partial charge is 0.490 e. The van der Waals surface area contributed by atoms with Crippen molar-refractivity contribution in [2.75, 3.05) is 0 Å². The molecule has 0 amide bonds. The zero-order chi connectivity index (χ0) is 14.8. The zero-order valence-electron chi connectivity index (χ0n) is 11.9. The lowest BCUT2D eigenvalue weighted by Gasteiger charge is -2.34. The van der Waals surface area contributed by atoms with Crippen molar-refractivity contribution in [3.63, 3.8) is 0 Å². The molecule has 0 atom stereocenters. The maximum atomic E-state index is 8.83. The van der Waals surface area contributed by atoms with Gasteiger partial charge < -0.3 is 15.7 Å². The Hall–Kier alpha value is -1.42. The first-order chi connectivity index (χ1) is 9.41. The van der Waals surface area contributed by atoms with Gasteiger partial charge in [-0.1, -0.05) is 30.6 Å². The van der Waals surface area contributed by atoms with Crippen LogP contribution in [0.5, 0.6) is 5.75 Å². The fraction of sp³-hybridized carbons (Fsp3) is 0.533. The number of nitrogens with zero attached hydrogens (tertiary/aromatic N) is 1. The summed E-state index contributed by atoms with van der Waals surface area (Å²) in [6.45, 7) is 4.56. The summed E-state index contributed by atoms with van der Waals surface area (Å²) in [5.74, 6) is 0.616. The zero-order valence-corrected chi connectivity index (χ0v) is 12.7. The van der Waals surface area contributed by atoms with Gasteiger partial charge in [-0.05, 0) is 49.3 Å². The lowest BCUT2D eigenvalue weighted by atomic mass is 9.76. The Morgan fingerprint density at radius 3 is 2.65 bits per heavy atom. The molecule has 1 saturated carbocycles. The number of amidine groups is 1. The summed E-state index contributed by atoms with van der Waals surface area (Å²) in [6, 6.07) is 5.12. The van der Waals surface area contributed by atoms with Gasteiger partial charge in [-0.25, -0.2) is 0 Å². The Bertz CT molecular complexity index is 505. The van der Waals surface area contributed by atoms with Crippen LogP contribution >= 0.6 is 11.6 Å². The summed E-state index contributed by atoms with van der Waals surface area (Å²) in [5.41, 5.74) is 6.63. The molecule has 0 aliphatic heterocycles. The minimum absolute atomic E-state index is 0.0350. The van der Waals surface area contributed by atoms with E-state index in [-0.39, 0.29) is 11.9 Å². The van der Waals surface area contributed by atoms with Crippen LogP contribution < -0.4 is 10.5 Å². The second-order valence-corrected chi connectivity index (χ2v) is 6.54. The fourth-order valence-electron chi connectivity index (χ4n) is 2.53. The van der Waals surface area contributed by atoms with Gasteiger partial charge in [0, 0.05) is 5.02 Å².